The fraction of sp³-hybridized carbons (Fsp3) is 0.786. The SMILES string of the molecule is CCn1ncnc1CNC(=O)C1CCCOC1C(C)C. The van der Waals surface area contributed by atoms with Crippen LogP contribution in [0.1, 0.15) is 39.4 Å². The summed E-state index contributed by atoms with van der Waals surface area (Å²) >= 11 is 0. The normalized spacial score (nSPS) is 23.0. The molecular formula is C14H24N4O2. The van der Waals surface area contributed by atoms with Gasteiger partial charge in [0, 0.05) is 13.2 Å². The van der Waals surface area contributed by atoms with E-state index < -0.39 is 0 Å². The number of nitrogens with zero attached hydrogens (tertiary/aromatic N) is 3. The first-order chi connectivity index (χ1) is 9.63. The molecule has 112 valence electrons. The van der Waals surface area contributed by atoms with E-state index in [9.17, 15) is 4.79 Å². The van der Waals surface area contributed by atoms with Crippen molar-refractivity contribution in [1.82, 2.24) is 20.1 Å². The molecule has 0 aliphatic carbocycles. The van der Waals surface area contributed by atoms with Gasteiger partial charge < -0.3 is 10.1 Å². The smallest absolute Gasteiger partial charge is 0.226 e. The molecule has 6 heteroatoms. The standard InChI is InChI=1S/C14H24N4O2/c1-4-18-12(16-9-17-18)8-15-14(19)11-6-5-7-20-13(11)10(2)3/h9-11,13H,4-8H2,1-3H3,(H,15,19). The van der Waals surface area contributed by atoms with Crippen molar-refractivity contribution < 1.29 is 9.53 Å². The Hall–Kier alpha value is -1.43. The molecule has 1 saturated heterocycles. The number of aromatic nitrogens is 3. The van der Waals surface area contributed by atoms with E-state index in [1.54, 1.807) is 4.68 Å². The van der Waals surface area contributed by atoms with Crippen molar-refractivity contribution >= 4 is 5.91 Å². The van der Waals surface area contributed by atoms with Crippen LogP contribution in [0.3, 0.4) is 0 Å². The number of nitrogens with one attached hydrogen (secondary N) is 1. The summed E-state index contributed by atoms with van der Waals surface area (Å²) in [4.78, 5) is 16.5. The van der Waals surface area contributed by atoms with Gasteiger partial charge in [-0.2, -0.15) is 5.10 Å². The minimum absolute atomic E-state index is 0.0211. The van der Waals surface area contributed by atoms with Crippen molar-refractivity contribution in [1.29, 1.82) is 0 Å². The lowest BCUT2D eigenvalue weighted by Crippen LogP contribution is -2.43. The van der Waals surface area contributed by atoms with Crippen molar-refractivity contribution in [3.05, 3.63) is 12.2 Å². The zero-order chi connectivity index (χ0) is 14.5. The summed E-state index contributed by atoms with van der Waals surface area (Å²) in [6.45, 7) is 8.15. The van der Waals surface area contributed by atoms with Crippen LogP contribution in [-0.4, -0.2) is 33.4 Å². The number of hydrogen-bond acceptors (Lipinski definition) is 4. The van der Waals surface area contributed by atoms with Gasteiger partial charge in [0.2, 0.25) is 5.91 Å². The number of aryl methyl sites for hydroxylation is 1. The quantitative estimate of drug-likeness (QED) is 0.884. The molecule has 6 nitrogen and oxygen atoms in total. The molecule has 0 saturated carbocycles. The summed E-state index contributed by atoms with van der Waals surface area (Å²) in [6, 6.07) is 0. The van der Waals surface area contributed by atoms with Crippen LogP contribution in [0, 0.1) is 11.8 Å². The third-order valence-electron chi connectivity index (χ3n) is 3.78. The van der Waals surface area contributed by atoms with Crippen LogP contribution < -0.4 is 5.32 Å². The molecule has 2 heterocycles. The fourth-order valence-electron chi connectivity index (χ4n) is 2.73. The molecule has 2 unspecified atom stereocenters. The topological polar surface area (TPSA) is 69.0 Å². The predicted molar refractivity (Wildman–Crippen MR) is 74.8 cm³/mol. The molecule has 1 amide bonds. The Kier molecular flexibility index (Phi) is 5.11. The molecule has 20 heavy (non-hydrogen) atoms. The molecule has 1 aliphatic rings. The Bertz CT molecular complexity index is 444. The first-order valence-corrected chi connectivity index (χ1v) is 7.39. The summed E-state index contributed by atoms with van der Waals surface area (Å²) in [5.41, 5.74) is 0. The van der Waals surface area contributed by atoms with Crippen molar-refractivity contribution in [2.24, 2.45) is 11.8 Å². The number of carbonyl (C=O) groups is 1. The Morgan fingerprint density at radius 1 is 1.60 bits per heavy atom. The van der Waals surface area contributed by atoms with Gasteiger partial charge in [-0.1, -0.05) is 13.8 Å². The monoisotopic (exact) mass is 280 g/mol. The molecule has 2 rings (SSSR count). The van der Waals surface area contributed by atoms with Crippen molar-refractivity contribution in [3.63, 3.8) is 0 Å². The summed E-state index contributed by atoms with van der Waals surface area (Å²) in [6.07, 6.45) is 3.39. The van der Waals surface area contributed by atoms with Crippen LogP contribution in [0.15, 0.2) is 6.33 Å². The van der Waals surface area contributed by atoms with Gasteiger partial charge in [-0.05, 0) is 25.7 Å². The lowest BCUT2D eigenvalue weighted by Gasteiger charge is -2.33. The van der Waals surface area contributed by atoms with Crippen molar-refractivity contribution in [3.8, 4) is 0 Å². The maximum atomic E-state index is 12.4. The first kappa shape index (κ1) is 15.0. The highest BCUT2D eigenvalue weighted by atomic mass is 16.5. The third kappa shape index (κ3) is 3.36. The summed E-state index contributed by atoms with van der Waals surface area (Å²) in [5, 5.41) is 7.07. The Balaban J connectivity index is 1.93. The Morgan fingerprint density at radius 3 is 3.10 bits per heavy atom. The maximum absolute atomic E-state index is 12.4. The van der Waals surface area contributed by atoms with Crippen molar-refractivity contribution in [2.75, 3.05) is 6.61 Å². The second kappa shape index (κ2) is 6.83. The molecular weight excluding hydrogens is 256 g/mol. The highest BCUT2D eigenvalue weighted by Gasteiger charge is 2.33. The third-order valence-corrected chi connectivity index (χ3v) is 3.78. The Labute approximate surface area is 119 Å². The molecule has 1 aromatic heterocycles. The van der Waals surface area contributed by atoms with Gasteiger partial charge in [-0.15, -0.1) is 0 Å². The fourth-order valence-corrected chi connectivity index (χ4v) is 2.73. The van der Waals surface area contributed by atoms with E-state index in [1.807, 2.05) is 6.92 Å². The van der Waals surface area contributed by atoms with E-state index >= 15 is 0 Å². The lowest BCUT2D eigenvalue weighted by atomic mass is 9.87. The molecule has 0 spiro atoms. The van der Waals surface area contributed by atoms with Gasteiger partial charge in [-0.3, -0.25) is 4.79 Å². The molecule has 1 N–H and O–H groups in total. The molecule has 0 radical (unpaired) electrons. The number of rotatable bonds is 5. The number of carbonyl (C=O) groups excluding carboxylic acids is 1. The Morgan fingerprint density at radius 2 is 2.40 bits per heavy atom. The van der Waals surface area contributed by atoms with E-state index in [0.29, 0.717) is 12.5 Å². The minimum Gasteiger partial charge on any atom is -0.377 e. The van der Waals surface area contributed by atoms with Gasteiger partial charge in [0.25, 0.3) is 0 Å². The van der Waals surface area contributed by atoms with Gasteiger partial charge in [-0.25, -0.2) is 9.67 Å². The van der Waals surface area contributed by atoms with E-state index in [0.717, 1.165) is 31.8 Å². The van der Waals surface area contributed by atoms with Crippen LogP contribution in [-0.2, 0) is 22.6 Å². The van der Waals surface area contributed by atoms with Gasteiger partial charge in [0.15, 0.2) is 0 Å². The van der Waals surface area contributed by atoms with Crippen LogP contribution in [0.4, 0.5) is 0 Å². The number of ether oxygens (including phenoxy) is 1. The largest absolute Gasteiger partial charge is 0.377 e. The average molecular weight is 280 g/mol. The number of amides is 1. The second-order valence-corrected chi connectivity index (χ2v) is 5.54. The first-order valence-electron chi connectivity index (χ1n) is 7.39. The van der Waals surface area contributed by atoms with Gasteiger partial charge >= 0.3 is 0 Å². The van der Waals surface area contributed by atoms with E-state index in [-0.39, 0.29) is 17.9 Å². The van der Waals surface area contributed by atoms with Crippen LogP contribution >= 0.6 is 0 Å². The number of hydrogen-bond donors (Lipinski definition) is 1. The molecule has 0 bridgehead atoms. The lowest BCUT2D eigenvalue weighted by molar-refractivity contribution is -0.137. The molecule has 1 aliphatic heterocycles. The maximum Gasteiger partial charge on any atom is 0.226 e. The van der Waals surface area contributed by atoms with Crippen LogP contribution in [0.25, 0.3) is 0 Å². The van der Waals surface area contributed by atoms with Crippen LogP contribution in [0.2, 0.25) is 0 Å². The van der Waals surface area contributed by atoms with Crippen molar-refractivity contribution in [2.45, 2.75) is 52.8 Å². The second-order valence-electron chi connectivity index (χ2n) is 5.54. The van der Waals surface area contributed by atoms with Gasteiger partial charge in [0.05, 0.1) is 18.6 Å². The molecule has 1 fully saturated rings. The highest BCUT2D eigenvalue weighted by molar-refractivity contribution is 5.79. The molecule has 0 aromatic carbocycles. The average Bonchev–Trinajstić information content (AvgIpc) is 2.92. The summed E-state index contributed by atoms with van der Waals surface area (Å²) in [7, 11) is 0. The van der Waals surface area contributed by atoms with Crippen LogP contribution in [0.5, 0.6) is 0 Å². The zero-order valence-electron chi connectivity index (χ0n) is 12.5. The summed E-state index contributed by atoms with van der Waals surface area (Å²) < 4.78 is 7.55. The van der Waals surface area contributed by atoms with E-state index in [1.165, 1.54) is 6.33 Å². The predicted octanol–water partition coefficient (Wildman–Crippen LogP) is 1.37. The summed E-state index contributed by atoms with van der Waals surface area (Å²) in [5.74, 6) is 1.15. The van der Waals surface area contributed by atoms with E-state index in [2.05, 4.69) is 29.2 Å². The molecule has 2 atom stereocenters. The minimum atomic E-state index is -0.0539. The highest BCUT2D eigenvalue weighted by Crippen LogP contribution is 2.26. The molecule has 1 aromatic rings. The van der Waals surface area contributed by atoms with Gasteiger partial charge in [0.1, 0.15) is 12.2 Å². The zero-order valence-corrected chi connectivity index (χ0v) is 12.5. The van der Waals surface area contributed by atoms with E-state index in [4.69, 9.17) is 4.74 Å².